The van der Waals surface area contributed by atoms with Crippen LogP contribution in [0.15, 0.2) is 53.6 Å². The summed E-state index contributed by atoms with van der Waals surface area (Å²) in [5.41, 5.74) is 5.95. The van der Waals surface area contributed by atoms with Gasteiger partial charge in [-0.2, -0.15) is 10.1 Å². The first-order valence-electron chi connectivity index (χ1n) is 11.8. The van der Waals surface area contributed by atoms with Crippen LogP contribution in [0.1, 0.15) is 25.8 Å². The number of nitrogens with zero attached hydrogens (tertiary/aromatic N) is 3. The number of anilines is 1. The molecule has 0 bridgehead atoms. The molecule has 0 saturated heterocycles. The van der Waals surface area contributed by atoms with Crippen molar-refractivity contribution in [3.05, 3.63) is 59.1 Å². The van der Waals surface area contributed by atoms with Gasteiger partial charge in [-0.3, -0.25) is 19.1 Å². The third-order valence-electron chi connectivity index (χ3n) is 6.41. The highest BCUT2D eigenvalue weighted by Gasteiger charge is 2.37. The van der Waals surface area contributed by atoms with Crippen molar-refractivity contribution < 1.29 is 23.1 Å². The van der Waals surface area contributed by atoms with Gasteiger partial charge in [-0.15, -0.1) is 0 Å². The van der Waals surface area contributed by atoms with E-state index in [9.17, 15) is 14.2 Å². The number of imidazole rings is 1. The Morgan fingerprint density at radius 3 is 2.81 bits per heavy atom. The van der Waals surface area contributed by atoms with E-state index in [-0.39, 0.29) is 30.0 Å². The zero-order valence-electron chi connectivity index (χ0n) is 20.3. The van der Waals surface area contributed by atoms with E-state index in [1.54, 1.807) is 18.5 Å². The third-order valence-corrected chi connectivity index (χ3v) is 8.04. The lowest BCUT2D eigenvalue weighted by molar-refractivity contribution is -0.142. The summed E-state index contributed by atoms with van der Waals surface area (Å²) in [5.74, 6) is -0.142. The molecule has 2 atom stereocenters. The van der Waals surface area contributed by atoms with Crippen molar-refractivity contribution in [1.82, 2.24) is 24.6 Å². The largest absolute Gasteiger partial charge is 0.468 e. The van der Waals surface area contributed by atoms with Crippen LogP contribution in [0.4, 0.5) is 5.95 Å². The molecule has 0 radical (unpaired) electrons. The van der Waals surface area contributed by atoms with Crippen molar-refractivity contribution in [2.75, 3.05) is 19.5 Å². The fourth-order valence-electron chi connectivity index (χ4n) is 4.44. The normalized spacial score (nSPS) is 19.7. The lowest BCUT2D eigenvalue weighted by Gasteiger charge is -2.36. The number of methoxy groups -OCH3 is 1. The van der Waals surface area contributed by atoms with Crippen molar-refractivity contribution >= 4 is 41.6 Å². The molecule has 1 fully saturated rings. The summed E-state index contributed by atoms with van der Waals surface area (Å²) in [6, 6.07) is 12.1. The van der Waals surface area contributed by atoms with Gasteiger partial charge in [0.1, 0.15) is 11.8 Å². The van der Waals surface area contributed by atoms with E-state index in [0.29, 0.717) is 24.2 Å². The Kier molecular flexibility index (Phi) is 6.72. The van der Waals surface area contributed by atoms with Gasteiger partial charge in [-0.25, -0.2) is 9.55 Å². The highest BCUT2D eigenvalue weighted by molar-refractivity contribution is 7.52. The molecular formula is C24H27N6O6P. The van der Waals surface area contributed by atoms with Gasteiger partial charge < -0.3 is 19.6 Å². The number of fused-ring (bicyclic) bond motifs is 2. The molecule has 0 spiro atoms. The van der Waals surface area contributed by atoms with Crippen molar-refractivity contribution in [3.8, 4) is 5.75 Å². The minimum absolute atomic E-state index is 0.0239. The topological polar surface area (TPSA) is 163 Å². The lowest BCUT2D eigenvalue weighted by Crippen LogP contribution is -2.36. The molecule has 37 heavy (non-hydrogen) atoms. The maximum Gasteiger partial charge on any atom is 0.459 e. The van der Waals surface area contributed by atoms with E-state index < -0.39 is 25.3 Å². The van der Waals surface area contributed by atoms with Gasteiger partial charge in [0.15, 0.2) is 11.2 Å². The molecule has 2 aromatic heterocycles. The van der Waals surface area contributed by atoms with Gasteiger partial charge in [-0.1, -0.05) is 36.4 Å². The fourth-order valence-corrected chi connectivity index (χ4v) is 6.02. The van der Waals surface area contributed by atoms with Crippen LogP contribution in [-0.2, 0) is 18.6 Å². The standard InChI is InChI=1S/C24H27N6O6P/c1-14(23(32)34-2)29-37(33,36-19-9-5-7-16-6-3-4-8-18(16)19)35-12-15-10-17(11-15)30-13-26-20-21(30)27-24(25)28-22(20)31/h3-9,13-15,17H,10-12H2,1-2H3,(H,29,33)(H3,25,27,28,31)/t14-,15?,17?,37?/m0/s1. The van der Waals surface area contributed by atoms with Crippen LogP contribution in [0.3, 0.4) is 0 Å². The van der Waals surface area contributed by atoms with Crippen LogP contribution < -0.4 is 20.9 Å². The number of nitrogens with two attached hydrogens (primary N) is 1. The molecule has 4 N–H and O–H groups in total. The van der Waals surface area contributed by atoms with Gasteiger partial charge in [0.25, 0.3) is 5.56 Å². The number of carbonyl (C=O) groups excluding carboxylic acids is 1. The number of esters is 1. The summed E-state index contributed by atoms with van der Waals surface area (Å²) in [6.07, 6.45) is 2.93. The average molecular weight is 526 g/mol. The smallest absolute Gasteiger partial charge is 0.459 e. The number of hydrogen-bond donors (Lipinski definition) is 3. The summed E-state index contributed by atoms with van der Waals surface area (Å²) < 4.78 is 32.2. The van der Waals surface area contributed by atoms with Gasteiger partial charge in [0.2, 0.25) is 5.95 Å². The van der Waals surface area contributed by atoms with E-state index in [1.807, 2.05) is 34.9 Å². The Morgan fingerprint density at radius 1 is 1.27 bits per heavy atom. The number of benzene rings is 2. The molecule has 1 aliphatic carbocycles. The van der Waals surface area contributed by atoms with E-state index in [2.05, 4.69) is 20.0 Å². The molecule has 1 saturated carbocycles. The number of nitrogens with one attached hydrogen (secondary N) is 2. The Labute approximate surface area is 211 Å². The molecule has 4 aromatic rings. The first-order valence-corrected chi connectivity index (χ1v) is 13.3. The fraction of sp³-hybridized carbons (Fsp3) is 0.333. The van der Waals surface area contributed by atoms with E-state index in [0.717, 1.165) is 10.8 Å². The SMILES string of the molecule is COC(=O)[C@H](C)NP(=O)(OCC1CC(n2cnc3c(=O)[nH]c(N)nc32)C1)Oc1cccc2ccccc12. The van der Waals surface area contributed by atoms with Gasteiger partial charge in [-0.05, 0) is 37.1 Å². The summed E-state index contributed by atoms with van der Waals surface area (Å²) in [5, 5.41) is 4.37. The first kappa shape index (κ1) is 24.9. The first-order chi connectivity index (χ1) is 17.8. The monoisotopic (exact) mass is 526 g/mol. The minimum atomic E-state index is -3.98. The minimum Gasteiger partial charge on any atom is -0.468 e. The highest BCUT2D eigenvalue weighted by Crippen LogP contribution is 2.49. The number of aromatic amines is 1. The van der Waals surface area contributed by atoms with E-state index in [4.69, 9.17) is 19.5 Å². The van der Waals surface area contributed by atoms with Crippen LogP contribution in [0.5, 0.6) is 5.75 Å². The second-order valence-corrected chi connectivity index (χ2v) is 10.7. The second kappa shape index (κ2) is 9.97. The zero-order chi connectivity index (χ0) is 26.2. The maximum atomic E-state index is 13.8. The molecule has 2 aromatic carbocycles. The zero-order valence-corrected chi connectivity index (χ0v) is 21.2. The Bertz CT molecular complexity index is 1560. The quantitative estimate of drug-likeness (QED) is 0.218. The predicted octanol–water partition coefficient (Wildman–Crippen LogP) is 3.16. The van der Waals surface area contributed by atoms with Crippen LogP contribution in [0, 0.1) is 5.92 Å². The van der Waals surface area contributed by atoms with Crippen LogP contribution in [-0.4, -0.2) is 45.2 Å². The maximum absolute atomic E-state index is 13.8. The number of rotatable bonds is 9. The second-order valence-electron chi connectivity index (χ2n) is 9.00. The molecule has 12 nitrogen and oxygen atoms in total. The molecule has 194 valence electrons. The predicted molar refractivity (Wildman–Crippen MR) is 137 cm³/mol. The summed E-state index contributed by atoms with van der Waals surface area (Å²) in [7, 11) is -2.73. The molecule has 5 rings (SSSR count). The third kappa shape index (κ3) is 5.08. The molecule has 0 aliphatic heterocycles. The van der Waals surface area contributed by atoms with Crippen molar-refractivity contribution in [3.63, 3.8) is 0 Å². The average Bonchev–Trinajstić information content (AvgIpc) is 3.26. The molecule has 2 heterocycles. The number of H-pyrrole nitrogens is 1. The van der Waals surface area contributed by atoms with Crippen molar-refractivity contribution in [1.29, 1.82) is 0 Å². The van der Waals surface area contributed by atoms with Crippen LogP contribution >= 0.6 is 7.75 Å². The Balaban J connectivity index is 1.30. The van der Waals surface area contributed by atoms with Gasteiger partial charge in [0.05, 0.1) is 20.0 Å². The van der Waals surface area contributed by atoms with Gasteiger partial charge in [0, 0.05) is 11.4 Å². The number of carbonyl (C=O) groups is 1. The number of nitrogen functional groups attached to an aromatic ring is 1. The highest BCUT2D eigenvalue weighted by atomic mass is 31.2. The number of aromatic nitrogens is 4. The number of ether oxygens (including phenoxy) is 1. The summed E-state index contributed by atoms with van der Waals surface area (Å²) in [6.45, 7) is 1.65. The van der Waals surface area contributed by atoms with Crippen molar-refractivity contribution in [2.45, 2.75) is 31.8 Å². The Morgan fingerprint density at radius 2 is 2.03 bits per heavy atom. The lowest BCUT2D eigenvalue weighted by atomic mass is 9.81. The van der Waals surface area contributed by atoms with E-state index in [1.165, 1.54) is 14.0 Å². The van der Waals surface area contributed by atoms with Crippen LogP contribution in [0.25, 0.3) is 21.9 Å². The van der Waals surface area contributed by atoms with E-state index >= 15 is 0 Å². The number of hydrogen-bond acceptors (Lipinski definition) is 9. The molecule has 1 aliphatic rings. The molecule has 0 amide bonds. The van der Waals surface area contributed by atoms with Crippen LogP contribution in [0.2, 0.25) is 0 Å². The van der Waals surface area contributed by atoms with Gasteiger partial charge >= 0.3 is 13.7 Å². The van der Waals surface area contributed by atoms with Crippen molar-refractivity contribution in [2.24, 2.45) is 5.92 Å². The summed E-state index contributed by atoms with van der Waals surface area (Å²) in [4.78, 5) is 34.9. The summed E-state index contributed by atoms with van der Waals surface area (Å²) >= 11 is 0. The molecular weight excluding hydrogens is 499 g/mol. The molecule has 13 heteroatoms. The molecule has 1 unspecified atom stereocenters. The Hall–Kier alpha value is -3.73.